The number of benzene rings is 6. The van der Waals surface area contributed by atoms with Crippen LogP contribution in [0, 0.1) is 14.9 Å². The van der Waals surface area contributed by atoms with Crippen LogP contribution in [0.5, 0.6) is 0 Å². The van der Waals surface area contributed by atoms with Crippen molar-refractivity contribution >= 4 is 74.5 Å². The van der Waals surface area contributed by atoms with Crippen molar-refractivity contribution in [1.82, 2.24) is 0 Å². The van der Waals surface area contributed by atoms with E-state index in [0.29, 0.717) is 0 Å². The van der Waals surface area contributed by atoms with Gasteiger partial charge in [0.15, 0.2) is 0 Å². The Morgan fingerprint density at radius 2 is 0.364 bits per heavy atom. The van der Waals surface area contributed by atoms with E-state index in [1.165, 1.54) is 26.1 Å². The van der Waals surface area contributed by atoms with Gasteiger partial charge >= 0.3 is 293 Å². The molecule has 44 heavy (non-hydrogen) atoms. The van der Waals surface area contributed by atoms with Crippen LogP contribution in [0.2, 0.25) is 0 Å². The van der Waals surface area contributed by atoms with Crippen molar-refractivity contribution in [2.24, 2.45) is 0 Å². The van der Waals surface area contributed by atoms with E-state index in [1.807, 2.05) is 0 Å². The summed E-state index contributed by atoms with van der Waals surface area (Å²) in [7, 11) is 8.98. The first-order valence-corrected chi connectivity index (χ1v) is 22.7. The Bertz CT molecular complexity index is 1190. The van der Waals surface area contributed by atoms with Gasteiger partial charge in [-0.3, -0.25) is 0 Å². The summed E-state index contributed by atoms with van der Waals surface area (Å²) >= 11 is 1.67. The minimum atomic E-state index is -1.39. The van der Waals surface area contributed by atoms with Crippen molar-refractivity contribution in [1.29, 1.82) is 0 Å². The third-order valence-corrected chi connectivity index (χ3v) is 16.3. The van der Waals surface area contributed by atoms with Gasteiger partial charge in [0.2, 0.25) is 0 Å². The quantitative estimate of drug-likeness (QED) is 0.129. The Morgan fingerprint density at radius 3 is 0.477 bits per heavy atom. The minimum absolute atomic E-state index is 0. The molecule has 0 saturated heterocycles. The molecular weight excluding hydrogens is 890 g/mol. The standard InChI is InChI=1S/2C18H15As.2CH3.2ClH.2Pd/c2*1-4-10-16(11-5-1)19(17-12-6-2-7-13-17)18-14-8-3-9-15-18;;;;;;/h2*1-15H;2*1H3;2*1H;;/q;;2*-1;;;2*+2/p-2. The van der Waals surface area contributed by atoms with E-state index in [0.717, 1.165) is 0 Å². The number of rotatable bonds is 6. The molecule has 0 fully saturated rings. The predicted octanol–water partition coefficient (Wildman–Crippen LogP) is 6.68. The molecule has 6 aromatic carbocycles. The molecule has 0 unspecified atom stereocenters. The van der Waals surface area contributed by atoms with Crippen LogP contribution in [0.4, 0.5) is 0 Å². The van der Waals surface area contributed by atoms with Gasteiger partial charge in [-0.1, -0.05) is 0 Å². The van der Waals surface area contributed by atoms with Crippen LogP contribution in [-0.2, 0) is 36.4 Å². The molecule has 0 saturated carbocycles. The monoisotopic (exact) mass is 924 g/mol. The SMILES string of the molecule is [CH3-].[CH3-].[Cl][Pd+].[Cl][Pd+].c1ccc([As](c2ccccc2)c2ccccc2)cc1.c1ccc([As](c2ccccc2)c2ccccc2)cc1. The van der Waals surface area contributed by atoms with Gasteiger partial charge in [0.1, 0.15) is 0 Å². The Kier molecular flexibility index (Phi) is 22.5. The van der Waals surface area contributed by atoms with Gasteiger partial charge in [-0.15, -0.1) is 0 Å². The van der Waals surface area contributed by atoms with Crippen LogP contribution < -0.4 is 26.1 Å². The molecule has 0 radical (unpaired) electrons. The molecule has 0 aliphatic heterocycles. The van der Waals surface area contributed by atoms with E-state index < -0.39 is 29.3 Å². The van der Waals surface area contributed by atoms with Gasteiger partial charge in [0.25, 0.3) is 0 Å². The Labute approximate surface area is 304 Å². The molecule has 0 nitrogen and oxygen atoms in total. The number of hydrogen-bond acceptors (Lipinski definition) is 0. The van der Waals surface area contributed by atoms with Crippen molar-refractivity contribution in [3.05, 3.63) is 197 Å². The molecule has 0 aromatic heterocycles. The summed E-state index contributed by atoms with van der Waals surface area (Å²) in [4.78, 5) is 0. The normalized spacial score (nSPS) is 9.45. The van der Waals surface area contributed by atoms with Gasteiger partial charge in [0, 0.05) is 0 Å². The van der Waals surface area contributed by atoms with Gasteiger partial charge < -0.3 is 14.9 Å². The van der Waals surface area contributed by atoms with Crippen LogP contribution in [0.25, 0.3) is 0 Å². The van der Waals surface area contributed by atoms with Gasteiger partial charge in [-0.25, -0.2) is 0 Å². The average molecular weight is 926 g/mol. The second kappa shape index (κ2) is 24.6. The van der Waals surface area contributed by atoms with Gasteiger partial charge in [-0.2, -0.15) is 0 Å². The van der Waals surface area contributed by atoms with Gasteiger partial charge in [-0.05, 0) is 0 Å². The number of hydrogen-bond donors (Lipinski definition) is 0. The van der Waals surface area contributed by atoms with E-state index in [9.17, 15) is 0 Å². The predicted molar refractivity (Wildman–Crippen MR) is 192 cm³/mol. The molecule has 6 aromatic rings. The molecule has 0 N–H and O–H groups in total. The molecular formula is C38H36As2Cl2Pd2. The molecule has 0 heterocycles. The van der Waals surface area contributed by atoms with Crippen molar-refractivity contribution in [3.8, 4) is 0 Å². The van der Waals surface area contributed by atoms with Crippen LogP contribution in [0.3, 0.4) is 0 Å². The summed E-state index contributed by atoms with van der Waals surface area (Å²) in [5, 5.41) is 0. The third kappa shape index (κ3) is 12.6. The molecule has 0 spiro atoms. The van der Waals surface area contributed by atoms with Crippen molar-refractivity contribution in [2.75, 3.05) is 0 Å². The molecule has 0 aliphatic carbocycles. The third-order valence-electron chi connectivity index (χ3n) is 6.09. The Balaban J connectivity index is 0.000000380. The topological polar surface area (TPSA) is 0 Å². The molecule has 0 amide bonds. The first kappa shape index (κ1) is 40.4. The van der Waals surface area contributed by atoms with Crippen molar-refractivity contribution < 1.29 is 36.4 Å². The van der Waals surface area contributed by atoms with E-state index in [4.69, 9.17) is 0 Å². The second-order valence-electron chi connectivity index (χ2n) is 8.68. The Hall–Kier alpha value is -1.66. The maximum atomic E-state index is 4.49. The summed E-state index contributed by atoms with van der Waals surface area (Å²) in [5.74, 6) is 0. The molecule has 0 bridgehead atoms. The zero-order valence-electron chi connectivity index (χ0n) is 24.6. The van der Waals surface area contributed by atoms with Crippen LogP contribution in [0.15, 0.2) is 182 Å². The van der Waals surface area contributed by atoms with Crippen molar-refractivity contribution in [2.45, 2.75) is 0 Å². The van der Waals surface area contributed by atoms with Crippen molar-refractivity contribution in [3.63, 3.8) is 0 Å². The zero-order valence-corrected chi connectivity index (χ0v) is 33.0. The van der Waals surface area contributed by atoms with Crippen LogP contribution >= 0.6 is 19.1 Å². The fraction of sp³-hybridized carbons (Fsp3) is 0. The van der Waals surface area contributed by atoms with E-state index >= 15 is 0 Å². The van der Waals surface area contributed by atoms with E-state index in [1.54, 1.807) is 0 Å². The molecule has 6 rings (SSSR count). The molecule has 232 valence electrons. The summed E-state index contributed by atoms with van der Waals surface area (Å²) < 4.78 is 8.87. The fourth-order valence-electron chi connectivity index (χ4n) is 4.36. The maximum absolute atomic E-state index is 4.49. The molecule has 0 aliphatic rings. The fourth-order valence-corrected chi connectivity index (χ4v) is 14.0. The summed E-state index contributed by atoms with van der Waals surface area (Å²) in [6.07, 6.45) is 0. The summed E-state index contributed by atoms with van der Waals surface area (Å²) in [6.45, 7) is 0. The first-order chi connectivity index (χ1) is 20.9. The van der Waals surface area contributed by atoms with Crippen LogP contribution in [0.1, 0.15) is 0 Å². The average Bonchev–Trinajstić information content (AvgIpc) is 3.10. The second-order valence-corrected chi connectivity index (χ2v) is 18.0. The molecule has 6 heteroatoms. The van der Waals surface area contributed by atoms with E-state index in [-0.39, 0.29) is 14.9 Å². The summed E-state index contributed by atoms with van der Waals surface area (Å²) in [5.41, 5.74) is 0. The van der Waals surface area contributed by atoms with Gasteiger partial charge in [0.05, 0.1) is 0 Å². The van der Waals surface area contributed by atoms with E-state index in [2.05, 4.69) is 237 Å². The first-order valence-electron chi connectivity index (χ1n) is 13.0. The number of halogens is 2. The zero-order chi connectivity index (χ0) is 29.8. The molecule has 0 atom stereocenters. The van der Waals surface area contributed by atoms with Crippen LogP contribution in [-0.4, -0.2) is 29.3 Å². The summed E-state index contributed by atoms with van der Waals surface area (Å²) in [6, 6.07) is 65.4. The Morgan fingerprint density at radius 1 is 0.250 bits per heavy atom.